The normalized spacial score (nSPS) is 11.1. The number of carbonyl (C=O) groups excluding carboxylic acids is 2. The van der Waals surface area contributed by atoms with Crippen LogP contribution in [0.1, 0.15) is 33.4 Å². The summed E-state index contributed by atoms with van der Waals surface area (Å²) in [5.41, 5.74) is 0.255. The van der Waals surface area contributed by atoms with Gasteiger partial charge >= 0.3 is 12.1 Å². The number of rotatable bonds is 5. The first-order valence-corrected chi connectivity index (χ1v) is 8.18. The molecule has 26 heavy (non-hydrogen) atoms. The molecule has 0 unspecified atom stereocenters. The van der Waals surface area contributed by atoms with Crippen LogP contribution in [0.5, 0.6) is 0 Å². The first-order chi connectivity index (χ1) is 12.2. The largest absolute Gasteiger partial charge is 0.466 e. The van der Waals surface area contributed by atoms with Crippen LogP contribution in [0.15, 0.2) is 30.3 Å². The molecule has 0 saturated carbocycles. The van der Waals surface area contributed by atoms with E-state index in [2.05, 4.69) is 10.4 Å². The summed E-state index contributed by atoms with van der Waals surface area (Å²) >= 11 is 0. The summed E-state index contributed by atoms with van der Waals surface area (Å²) in [6.07, 6.45) is -0.714. The Morgan fingerprint density at radius 1 is 1.23 bits per heavy atom. The van der Waals surface area contributed by atoms with Crippen molar-refractivity contribution < 1.29 is 23.5 Å². The van der Waals surface area contributed by atoms with E-state index >= 15 is 0 Å². The summed E-state index contributed by atoms with van der Waals surface area (Å²) in [4.78, 5) is 23.8. The summed E-state index contributed by atoms with van der Waals surface area (Å²) in [5, 5.41) is 6.90. The average molecular weight is 363 g/mol. The molecule has 0 fully saturated rings. The first-order valence-electron chi connectivity index (χ1n) is 8.18. The second kappa shape index (κ2) is 7.99. The zero-order valence-electron chi connectivity index (χ0n) is 15.2. The van der Waals surface area contributed by atoms with Gasteiger partial charge in [0.15, 0.2) is 0 Å². The fraction of sp³-hybridized carbons (Fsp3) is 0.389. The van der Waals surface area contributed by atoms with Crippen LogP contribution in [0.25, 0.3) is 5.69 Å². The lowest BCUT2D eigenvalue weighted by Gasteiger charge is -2.19. The molecular formula is C18H22FN3O4. The SMILES string of the molecule is CCOC(=O)Cc1cc(NC(=O)OC(C)(C)C)n(-c2ccc(F)cc2)n1. The van der Waals surface area contributed by atoms with Gasteiger partial charge in [-0.1, -0.05) is 0 Å². The maximum atomic E-state index is 13.2. The highest BCUT2D eigenvalue weighted by atomic mass is 19.1. The maximum Gasteiger partial charge on any atom is 0.413 e. The van der Waals surface area contributed by atoms with Gasteiger partial charge in [-0.05, 0) is 52.0 Å². The van der Waals surface area contributed by atoms with Crippen molar-refractivity contribution in [3.8, 4) is 5.69 Å². The van der Waals surface area contributed by atoms with Gasteiger partial charge in [0.1, 0.15) is 17.2 Å². The minimum absolute atomic E-state index is 0.0506. The molecule has 1 N–H and O–H groups in total. The van der Waals surface area contributed by atoms with E-state index in [1.54, 1.807) is 33.8 Å². The fourth-order valence-electron chi connectivity index (χ4n) is 2.15. The van der Waals surface area contributed by atoms with Gasteiger partial charge in [0.05, 0.1) is 24.4 Å². The molecule has 0 radical (unpaired) electrons. The Morgan fingerprint density at radius 2 is 1.88 bits per heavy atom. The molecule has 0 aliphatic rings. The number of carbonyl (C=O) groups is 2. The molecule has 1 aromatic carbocycles. The van der Waals surface area contributed by atoms with E-state index in [-0.39, 0.29) is 13.0 Å². The number of aromatic nitrogens is 2. The minimum Gasteiger partial charge on any atom is -0.466 e. The van der Waals surface area contributed by atoms with E-state index in [0.717, 1.165) is 0 Å². The van der Waals surface area contributed by atoms with Crippen molar-refractivity contribution in [1.29, 1.82) is 0 Å². The monoisotopic (exact) mass is 363 g/mol. The van der Waals surface area contributed by atoms with Gasteiger partial charge < -0.3 is 9.47 Å². The molecule has 8 heteroatoms. The second-order valence-electron chi connectivity index (χ2n) is 6.52. The Bertz CT molecular complexity index is 779. The summed E-state index contributed by atoms with van der Waals surface area (Å²) in [7, 11) is 0. The van der Waals surface area contributed by atoms with Gasteiger partial charge in [-0.15, -0.1) is 0 Å². The third-order valence-electron chi connectivity index (χ3n) is 3.09. The van der Waals surface area contributed by atoms with Gasteiger partial charge in [0.25, 0.3) is 0 Å². The Labute approximate surface area is 151 Å². The highest BCUT2D eigenvalue weighted by Crippen LogP contribution is 2.20. The standard InChI is InChI=1S/C18H22FN3O4/c1-5-25-16(23)11-13-10-15(20-17(24)26-18(2,3)4)22(21-13)14-8-6-12(19)7-9-14/h6-10H,5,11H2,1-4H3,(H,20,24). The number of nitrogens with one attached hydrogen (secondary N) is 1. The van der Waals surface area contributed by atoms with Crippen LogP contribution in [0.2, 0.25) is 0 Å². The first kappa shape index (κ1) is 19.4. The Hall–Kier alpha value is -2.90. The van der Waals surface area contributed by atoms with Crippen molar-refractivity contribution in [2.45, 2.75) is 39.7 Å². The Balaban J connectivity index is 2.30. The molecule has 1 amide bonds. The molecule has 0 aliphatic carbocycles. The smallest absolute Gasteiger partial charge is 0.413 e. The topological polar surface area (TPSA) is 82.5 Å². The second-order valence-corrected chi connectivity index (χ2v) is 6.52. The number of halogens is 1. The maximum absolute atomic E-state index is 13.2. The predicted octanol–water partition coefficient (Wildman–Crippen LogP) is 3.46. The van der Waals surface area contributed by atoms with E-state index < -0.39 is 23.5 Å². The fourth-order valence-corrected chi connectivity index (χ4v) is 2.15. The van der Waals surface area contributed by atoms with Crippen LogP contribution in [-0.4, -0.2) is 34.1 Å². The van der Waals surface area contributed by atoms with Crippen LogP contribution < -0.4 is 5.32 Å². The van der Waals surface area contributed by atoms with Crippen LogP contribution >= 0.6 is 0 Å². The predicted molar refractivity (Wildman–Crippen MR) is 93.7 cm³/mol. The van der Waals surface area contributed by atoms with E-state index in [1.165, 1.54) is 28.9 Å². The Kier molecular flexibility index (Phi) is 5.97. The van der Waals surface area contributed by atoms with Crippen molar-refractivity contribution in [3.05, 3.63) is 41.8 Å². The third kappa shape index (κ3) is 5.58. The lowest BCUT2D eigenvalue weighted by Crippen LogP contribution is -2.27. The van der Waals surface area contributed by atoms with Crippen LogP contribution in [0.3, 0.4) is 0 Å². The highest BCUT2D eigenvalue weighted by Gasteiger charge is 2.20. The van der Waals surface area contributed by atoms with Crippen LogP contribution in [0, 0.1) is 5.82 Å². The molecule has 0 spiro atoms. The number of esters is 1. The van der Waals surface area contributed by atoms with Gasteiger partial charge in [-0.2, -0.15) is 5.10 Å². The van der Waals surface area contributed by atoms with Crippen LogP contribution in [0.4, 0.5) is 15.0 Å². The summed E-state index contributed by atoms with van der Waals surface area (Å²) in [6, 6.07) is 7.12. The Morgan fingerprint density at radius 3 is 2.46 bits per heavy atom. The van der Waals surface area contributed by atoms with E-state index in [1.807, 2.05) is 0 Å². The molecule has 0 bridgehead atoms. The number of benzene rings is 1. The number of amides is 1. The molecule has 0 aliphatic heterocycles. The summed E-state index contributed by atoms with van der Waals surface area (Å²) in [6.45, 7) is 7.22. The number of anilines is 1. The zero-order valence-corrected chi connectivity index (χ0v) is 15.2. The third-order valence-corrected chi connectivity index (χ3v) is 3.09. The summed E-state index contributed by atoms with van der Waals surface area (Å²) < 4.78 is 24.7. The lowest BCUT2D eigenvalue weighted by atomic mass is 10.2. The van der Waals surface area contributed by atoms with Crippen molar-refractivity contribution >= 4 is 17.9 Å². The van der Waals surface area contributed by atoms with Crippen LogP contribution in [-0.2, 0) is 20.7 Å². The van der Waals surface area contributed by atoms with Crippen molar-refractivity contribution in [3.63, 3.8) is 0 Å². The van der Waals surface area contributed by atoms with Crippen molar-refractivity contribution in [2.75, 3.05) is 11.9 Å². The summed E-state index contributed by atoms with van der Waals surface area (Å²) in [5.74, 6) is -0.528. The molecule has 0 saturated heterocycles. The molecule has 0 atom stereocenters. The molecule has 1 aromatic heterocycles. The van der Waals surface area contributed by atoms with Gasteiger partial charge in [-0.25, -0.2) is 13.9 Å². The lowest BCUT2D eigenvalue weighted by molar-refractivity contribution is -0.142. The highest BCUT2D eigenvalue weighted by molar-refractivity contribution is 5.84. The van der Waals surface area contributed by atoms with Gasteiger partial charge in [0.2, 0.25) is 0 Å². The number of nitrogens with zero attached hydrogens (tertiary/aromatic N) is 2. The quantitative estimate of drug-likeness (QED) is 0.823. The van der Waals surface area contributed by atoms with Crippen molar-refractivity contribution in [2.24, 2.45) is 0 Å². The number of hydrogen-bond acceptors (Lipinski definition) is 5. The zero-order chi connectivity index (χ0) is 19.3. The molecule has 7 nitrogen and oxygen atoms in total. The molecule has 1 heterocycles. The average Bonchev–Trinajstić information content (AvgIpc) is 2.88. The molecule has 140 valence electrons. The van der Waals surface area contributed by atoms with Gasteiger partial charge in [-0.3, -0.25) is 10.1 Å². The molecule has 2 aromatic rings. The van der Waals surface area contributed by atoms with E-state index in [9.17, 15) is 14.0 Å². The van der Waals surface area contributed by atoms with E-state index in [4.69, 9.17) is 9.47 Å². The van der Waals surface area contributed by atoms with E-state index in [0.29, 0.717) is 17.2 Å². The minimum atomic E-state index is -0.668. The number of hydrogen-bond donors (Lipinski definition) is 1. The molecular weight excluding hydrogens is 341 g/mol. The molecule has 2 rings (SSSR count). The number of ether oxygens (including phenoxy) is 2. The van der Waals surface area contributed by atoms with Gasteiger partial charge in [0, 0.05) is 6.07 Å². The van der Waals surface area contributed by atoms with Crippen molar-refractivity contribution in [1.82, 2.24) is 9.78 Å².